The predicted octanol–water partition coefficient (Wildman–Crippen LogP) is 2.37. The van der Waals surface area contributed by atoms with E-state index in [0.29, 0.717) is 0 Å². The van der Waals surface area contributed by atoms with Gasteiger partial charge in [-0.15, -0.1) is 0 Å². The van der Waals surface area contributed by atoms with Crippen molar-refractivity contribution in [2.75, 3.05) is 13.2 Å². The minimum absolute atomic E-state index is 0.0171. The molecule has 1 N–H and O–H groups in total. The number of hydrogen-bond acceptors (Lipinski definition) is 2. The summed E-state index contributed by atoms with van der Waals surface area (Å²) in [4.78, 5) is 0. The third kappa shape index (κ3) is 2.52. The first-order valence-corrected chi connectivity index (χ1v) is 5.28. The number of nitrogens with one attached hydrogen (secondary N) is 1. The number of halogens is 4. The predicted molar refractivity (Wildman–Crippen MR) is 52.8 cm³/mol. The van der Waals surface area contributed by atoms with Crippen molar-refractivity contribution in [1.82, 2.24) is 5.32 Å². The van der Waals surface area contributed by atoms with Crippen molar-refractivity contribution in [1.29, 1.82) is 0 Å². The molecular weight excluding hydrogens is 238 g/mol. The van der Waals surface area contributed by atoms with Gasteiger partial charge in [-0.2, -0.15) is 8.78 Å². The molecule has 2 rings (SSSR count). The second kappa shape index (κ2) is 4.91. The van der Waals surface area contributed by atoms with Gasteiger partial charge in [-0.25, -0.2) is 8.78 Å². The zero-order chi connectivity index (χ0) is 12.4. The van der Waals surface area contributed by atoms with Crippen molar-refractivity contribution in [3.63, 3.8) is 0 Å². The summed E-state index contributed by atoms with van der Waals surface area (Å²) in [5, 5.41) is 3.04. The molecule has 0 bridgehead atoms. The number of ether oxygens (including phenoxy) is 1. The Morgan fingerprint density at radius 3 is 2.35 bits per heavy atom. The fourth-order valence-electron chi connectivity index (χ4n) is 1.76. The van der Waals surface area contributed by atoms with Crippen LogP contribution in [0.2, 0.25) is 0 Å². The molecule has 1 heterocycles. The van der Waals surface area contributed by atoms with Crippen LogP contribution in [0.4, 0.5) is 17.6 Å². The Labute approximate surface area is 95.6 Å². The van der Waals surface area contributed by atoms with Gasteiger partial charge in [0.2, 0.25) is 11.6 Å². The average molecular weight is 249 g/mol. The highest BCUT2D eigenvalue weighted by atomic mass is 19.2. The normalized spacial score (nSPS) is 19.6. The van der Waals surface area contributed by atoms with Crippen LogP contribution in [0.25, 0.3) is 0 Å². The van der Waals surface area contributed by atoms with E-state index in [0.717, 1.165) is 19.4 Å². The van der Waals surface area contributed by atoms with Gasteiger partial charge in [0, 0.05) is 12.1 Å². The van der Waals surface area contributed by atoms with Crippen molar-refractivity contribution in [2.45, 2.75) is 18.9 Å². The zero-order valence-corrected chi connectivity index (χ0v) is 8.90. The van der Waals surface area contributed by atoms with Crippen LogP contribution in [0.3, 0.4) is 0 Å². The van der Waals surface area contributed by atoms with E-state index in [1.807, 2.05) is 0 Å². The van der Waals surface area contributed by atoms with Crippen molar-refractivity contribution >= 4 is 0 Å². The molecule has 1 fully saturated rings. The van der Waals surface area contributed by atoms with E-state index in [1.54, 1.807) is 0 Å². The maximum atomic E-state index is 13.2. The van der Waals surface area contributed by atoms with Gasteiger partial charge in [0.15, 0.2) is 17.4 Å². The van der Waals surface area contributed by atoms with E-state index in [9.17, 15) is 17.6 Å². The first kappa shape index (κ1) is 12.2. The third-order valence-corrected chi connectivity index (χ3v) is 2.66. The van der Waals surface area contributed by atoms with Crippen LogP contribution in [0.1, 0.15) is 12.8 Å². The highest BCUT2D eigenvalue weighted by molar-refractivity contribution is 5.28. The molecule has 2 nitrogen and oxygen atoms in total. The molecule has 0 unspecified atom stereocenters. The van der Waals surface area contributed by atoms with Crippen LogP contribution in [-0.2, 0) is 0 Å². The molecule has 1 saturated heterocycles. The van der Waals surface area contributed by atoms with Crippen LogP contribution in [0.15, 0.2) is 6.07 Å². The van der Waals surface area contributed by atoms with Gasteiger partial charge in [0.25, 0.3) is 0 Å². The Hall–Kier alpha value is -1.30. The average Bonchev–Trinajstić information content (AvgIpc) is 2.79. The van der Waals surface area contributed by atoms with Gasteiger partial charge in [0.05, 0.1) is 0 Å². The number of hydrogen-bond donors (Lipinski definition) is 1. The maximum Gasteiger partial charge on any atom is 0.203 e. The highest BCUT2D eigenvalue weighted by Gasteiger charge is 2.22. The molecule has 1 atom stereocenters. The molecule has 1 aliphatic rings. The van der Waals surface area contributed by atoms with Crippen molar-refractivity contribution < 1.29 is 22.3 Å². The lowest BCUT2D eigenvalue weighted by Gasteiger charge is -2.13. The lowest BCUT2D eigenvalue weighted by Crippen LogP contribution is -2.28. The Balaban J connectivity index is 2.13. The van der Waals surface area contributed by atoms with Gasteiger partial charge >= 0.3 is 0 Å². The molecule has 0 spiro atoms. The Bertz CT molecular complexity index is 392. The molecule has 6 heteroatoms. The minimum Gasteiger partial charge on any atom is -0.486 e. The summed E-state index contributed by atoms with van der Waals surface area (Å²) in [5.74, 6) is -6.91. The summed E-state index contributed by atoms with van der Waals surface area (Å²) in [6.07, 6.45) is 1.75. The second-order valence-electron chi connectivity index (χ2n) is 3.90. The Kier molecular flexibility index (Phi) is 3.51. The molecule has 0 aliphatic carbocycles. The standard InChI is InChI=1S/C11H11F4NO/c12-7-4-8(13)10(15)11(9(7)14)17-5-6-2-1-3-16-6/h4,6,16H,1-3,5H2/t6-/m0/s1. The van der Waals surface area contributed by atoms with Gasteiger partial charge in [-0.05, 0) is 19.4 Å². The first-order chi connectivity index (χ1) is 8.09. The lowest BCUT2D eigenvalue weighted by molar-refractivity contribution is 0.244. The lowest BCUT2D eigenvalue weighted by atomic mass is 10.2. The summed E-state index contributed by atoms with van der Waals surface area (Å²) < 4.78 is 56.9. The van der Waals surface area contributed by atoms with Gasteiger partial charge in [-0.1, -0.05) is 0 Å². The maximum absolute atomic E-state index is 13.2. The summed E-state index contributed by atoms with van der Waals surface area (Å²) in [7, 11) is 0. The Morgan fingerprint density at radius 1 is 1.18 bits per heavy atom. The van der Waals surface area contributed by atoms with E-state index < -0.39 is 29.0 Å². The molecule has 0 aromatic heterocycles. The van der Waals surface area contributed by atoms with E-state index in [4.69, 9.17) is 4.74 Å². The van der Waals surface area contributed by atoms with E-state index in [-0.39, 0.29) is 18.7 Å². The smallest absolute Gasteiger partial charge is 0.203 e. The van der Waals surface area contributed by atoms with Crippen LogP contribution in [0, 0.1) is 23.3 Å². The zero-order valence-electron chi connectivity index (χ0n) is 8.90. The van der Waals surface area contributed by atoms with Gasteiger partial charge < -0.3 is 10.1 Å². The molecule has 1 aliphatic heterocycles. The molecule has 0 radical (unpaired) electrons. The summed E-state index contributed by atoms with van der Waals surface area (Å²) >= 11 is 0. The quantitative estimate of drug-likeness (QED) is 0.656. The van der Waals surface area contributed by atoms with Crippen LogP contribution < -0.4 is 10.1 Å². The first-order valence-electron chi connectivity index (χ1n) is 5.28. The number of benzene rings is 1. The van der Waals surface area contributed by atoms with E-state index in [2.05, 4.69) is 5.32 Å². The highest BCUT2D eigenvalue weighted by Crippen LogP contribution is 2.26. The van der Waals surface area contributed by atoms with Gasteiger partial charge in [0.1, 0.15) is 6.61 Å². The van der Waals surface area contributed by atoms with E-state index >= 15 is 0 Å². The van der Waals surface area contributed by atoms with Crippen molar-refractivity contribution in [2.24, 2.45) is 0 Å². The summed E-state index contributed by atoms with van der Waals surface area (Å²) in [5.41, 5.74) is 0. The molecule has 0 amide bonds. The molecule has 1 aromatic carbocycles. The molecule has 17 heavy (non-hydrogen) atoms. The fraction of sp³-hybridized carbons (Fsp3) is 0.455. The minimum atomic E-state index is -1.50. The second-order valence-corrected chi connectivity index (χ2v) is 3.90. The fourth-order valence-corrected chi connectivity index (χ4v) is 1.76. The van der Waals surface area contributed by atoms with Gasteiger partial charge in [-0.3, -0.25) is 0 Å². The van der Waals surface area contributed by atoms with E-state index in [1.165, 1.54) is 0 Å². The van der Waals surface area contributed by atoms with Crippen LogP contribution >= 0.6 is 0 Å². The summed E-state index contributed by atoms with van der Waals surface area (Å²) in [6, 6.07) is 0.117. The SMILES string of the molecule is Fc1cc(F)c(F)c(OC[C@@H]2CCCN2)c1F. The van der Waals surface area contributed by atoms with Crippen LogP contribution in [-0.4, -0.2) is 19.2 Å². The number of rotatable bonds is 3. The molecular formula is C11H11F4NO. The van der Waals surface area contributed by atoms with Crippen LogP contribution in [0.5, 0.6) is 5.75 Å². The molecule has 0 saturated carbocycles. The van der Waals surface area contributed by atoms with Crippen molar-refractivity contribution in [3.8, 4) is 5.75 Å². The largest absolute Gasteiger partial charge is 0.486 e. The topological polar surface area (TPSA) is 21.3 Å². The third-order valence-electron chi connectivity index (χ3n) is 2.66. The summed E-state index contributed by atoms with van der Waals surface area (Å²) in [6.45, 7) is 0.785. The molecule has 1 aromatic rings. The Morgan fingerprint density at radius 2 is 1.82 bits per heavy atom. The molecule has 94 valence electrons. The monoisotopic (exact) mass is 249 g/mol. The van der Waals surface area contributed by atoms with Crippen molar-refractivity contribution in [3.05, 3.63) is 29.3 Å².